The number of carbonyl (C=O) groups excluding carboxylic acids is 1. The molecule has 1 heterocycles. The summed E-state index contributed by atoms with van der Waals surface area (Å²) >= 11 is 6.42. The summed E-state index contributed by atoms with van der Waals surface area (Å²) < 4.78 is 18.1. The minimum absolute atomic E-state index is 0.299. The number of amides is 1. The summed E-state index contributed by atoms with van der Waals surface area (Å²) in [5.41, 5.74) is 0.299. The molecule has 1 aromatic rings. The number of ether oxygens (including phenoxy) is 1. The third kappa shape index (κ3) is 3.18. The van der Waals surface area contributed by atoms with Crippen LogP contribution in [0.3, 0.4) is 0 Å². The number of hydrogen-bond acceptors (Lipinski definition) is 2. The van der Waals surface area contributed by atoms with Gasteiger partial charge < -0.3 is 9.64 Å². The van der Waals surface area contributed by atoms with Crippen molar-refractivity contribution in [2.24, 2.45) is 0 Å². The summed E-state index contributed by atoms with van der Waals surface area (Å²) in [6.07, 6.45) is -0.370. The van der Waals surface area contributed by atoms with E-state index in [4.69, 9.17) is 16.3 Å². The lowest BCUT2D eigenvalue weighted by Crippen LogP contribution is -2.59. The summed E-state index contributed by atoms with van der Waals surface area (Å²) in [6, 6.07) is 6.04. The van der Waals surface area contributed by atoms with Crippen LogP contribution in [0.5, 0.6) is 0 Å². The molecule has 1 saturated heterocycles. The molecule has 2 rings (SSSR count). The van der Waals surface area contributed by atoms with Gasteiger partial charge in [0.25, 0.3) is 0 Å². The standard InChI is InChI=1S/C14H17ClFNO2/c1-13(2,3)19-12(18)17-8-14(15,9-17)10-4-6-11(16)7-5-10/h4-7H,8-9H2,1-3H3. The summed E-state index contributed by atoms with van der Waals surface area (Å²) in [4.78, 5) is 12.7. The highest BCUT2D eigenvalue weighted by Gasteiger charge is 2.46. The van der Waals surface area contributed by atoms with Crippen LogP contribution in [0.4, 0.5) is 9.18 Å². The molecule has 5 heteroatoms. The lowest BCUT2D eigenvalue weighted by molar-refractivity contribution is 0.00318. The molecule has 104 valence electrons. The fraction of sp³-hybridized carbons (Fsp3) is 0.500. The van der Waals surface area contributed by atoms with Gasteiger partial charge in [-0.25, -0.2) is 9.18 Å². The van der Waals surface area contributed by atoms with E-state index >= 15 is 0 Å². The van der Waals surface area contributed by atoms with Crippen molar-refractivity contribution >= 4 is 17.7 Å². The van der Waals surface area contributed by atoms with Crippen LogP contribution in [0.2, 0.25) is 0 Å². The molecule has 1 aliphatic rings. The van der Waals surface area contributed by atoms with Crippen LogP contribution in [0.25, 0.3) is 0 Å². The molecular weight excluding hydrogens is 269 g/mol. The van der Waals surface area contributed by atoms with Gasteiger partial charge in [-0.1, -0.05) is 12.1 Å². The molecule has 0 atom stereocenters. The molecule has 1 aliphatic heterocycles. The minimum atomic E-state index is -0.634. The molecule has 19 heavy (non-hydrogen) atoms. The van der Waals surface area contributed by atoms with Crippen molar-refractivity contribution in [3.8, 4) is 0 Å². The highest BCUT2D eigenvalue weighted by Crippen LogP contribution is 2.39. The molecule has 1 amide bonds. The predicted molar refractivity (Wildman–Crippen MR) is 71.7 cm³/mol. The third-order valence-corrected chi connectivity index (χ3v) is 3.35. The second kappa shape index (κ2) is 4.67. The van der Waals surface area contributed by atoms with Crippen LogP contribution in [0.15, 0.2) is 24.3 Å². The number of hydrogen-bond donors (Lipinski definition) is 0. The Labute approximate surface area is 117 Å². The summed E-state index contributed by atoms with van der Waals surface area (Å²) in [7, 11) is 0. The van der Waals surface area contributed by atoms with E-state index in [9.17, 15) is 9.18 Å². The maximum Gasteiger partial charge on any atom is 0.410 e. The molecule has 0 unspecified atom stereocenters. The Balaban J connectivity index is 1.98. The number of likely N-dealkylation sites (tertiary alicyclic amines) is 1. The first-order chi connectivity index (χ1) is 8.70. The number of alkyl halides is 1. The van der Waals surface area contributed by atoms with Gasteiger partial charge in [-0.05, 0) is 38.5 Å². The molecule has 1 aromatic carbocycles. The second-order valence-electron chi connectivity index (χ2n) is 5.81. The van der Waals surface area contributed by atoms with Crippen molar-refractivity contribution in [2.45, 2.75) is 31.2 Å². The number of carbonyl (C=O) groups is 1. The van der Waals surface area contributed by atoms with E-state index in [0.717, 1.165) is 5.56 Å². The summed E-state index contributed by atoms with van der Waals surface area (Å²) in [6.45, 7) is 6.19. The zero-order valence-electron chi connectivity index (χ0n) is 11.2. The van der Waals surface area contributed by atoms with Crippen LogP contribution in [0, 0.1) is 5.82 Å². The van der Waals surface area contributed by atoms with Gasteiger partial charge >= 0.3 is 6.09 Å². The molecule has 0 radical (unpaired) electrons. The molecule has 0 saturated carbocycles. The number of benzene rings is 1. The minimum Gasteiger partial charge on any atom is -0.444 e. The highest BCUT2D eigenvalue weighted by molar-refractivity contribution is 6.25. The second-order valence-corrected chi connectivity index (χ2v) is 6.53. The van der Waals surface area contributed by atoms with Gasteiger partial charge in [-0.3, -0.25) is 0 Å². The van der Waals surface area contributed by atoms with Crippen molar-refractivity contribution in [1.29, 1.82) is 0 Å². The average Bonchev–Trinajstić information content (AvgIpc) is 2.23. The van der Waals surface area contributed by atoms with Crippen LogP contribution in [-0.2, 0) is 9.61 Å². The normalized spacial score (nSPS) is 17.8. The lowest BCUT2D eigenvalue weighted by Gasteiger charge is -2.46. The molecule has 0 spiro atoms. The number of nitrogens with zero attached hydrogens (tertiary/aromatic N) is 1. The zero-order chi connectivity index (χ0) is 14.3. The largest absolute Gasteiger partial charge is 0.444 e. The van der Waals surface area contributed by atoms with Crippen LogP contribution < -0.4 is 0 Å². The summed E-state index contributed by atoms with van der Waals surface area (Å²) in [5.74, 6) is -0.299. The quantitative estimate of drug-likeness (QED) is 0.739. The van der Waals surface area contributed by atoms with Crippen molar-refractivity contribution in [3.05, 3.63) is 35.6 Å². The van der Waals surface area contributed by atoms with E-state index in [1.165, 1.54) is 12.1 Å². The SMILES string of the molecule is CC(C)(C)OC(=O)N1CC(Cl)(c2ccc(F)cc2)C1. The van der Waals surface area contributed by atoms with E-state index in [0.29, 0.717) is 13.1 Å². The Hall–Kier alpha value is -1.29. The summed E-state index contributed by atoms with van der Waals surface area (Å²) in [5, 5.41) is 0. The van der Waals surface area contributed by atoms with E-state index in [1.807, 2.05) is 20.8 Å². The van der Waals surface area contributed by atoms with Crippen LogP contribution >= 0.6 is 11.6 Å². The fourth-order valence-corrected chi connectivity index (χ4v) is 2.36. The fourth-order valence-electron chi connectivity index (χ4n) is 1.95. The van der Waals surface area contributed by atoms with Crippen molar-refractivity contribution < 1.29 is 13.9 Å². The first kappa shape index (κ1) is 14.1. The maximum absolute atomic E-state index is 12.9. The average molecular weight is 286 g/mol. The van der Waals surface area contributed by atoms with Gasteiger partial charge in [0.2, 0.25) is 0 Å². The number of halogens is 2. The van der Waals surface area contributed by atoms with E-state index in [1.54, 1.807) is 17.0 Å². The van der Waals surface area contributed by atoms with Gasteiger partial charge in [-0.2, -0.15) is 0 Å². The molecule has 3 nitrogen and oxygen atoms in total. The van der Waals surface area contributed by atoms with Crippen molar-refractivity contribution in [1.82, 2.24) is 4.90 Å². The number of rotatable bonds is 1. The topological polar surface area (TPSA) is 29.5 Å². The zero-order valence-corrected chi connectivity index (χ0v) is 12.0. The first-order valence-corrected chi connectivity index (χ1v) is 6.50. The van der Waals surface area contributed by atoms with Gasteiger partial charge in [0.05, 0.1) is 0 Å². The van der Waals surface area contributed by atoms with Crippen LogP contribution in [-0.4, -0.2) is 29.7 Å². The Kier molecular flexibility index (Phi) is 3.47. The molecule has 0 bridgehead atoms. The Morgan fingerprint density at radius 2 is 1.84 bits per heavy atom. The smallest absolute Gasteiger partial charge is 0.410 e. The van der Waals surface area contributed by atoms with Crippen LogP contribution in [0.1, 0.15) is 26.3 Å². The molecule has 0 N–H and O–H groups in total. The molecule has 0 aromatic heterocycles. The van der Waals surface area contributed by atoms with Gasteiger partial charge in [0.1, 0.15) is 16.3 Å². The Morgan fingerprint density at radius 3 is 2.32 bits per heavy atom. The van der Waals surface area contributed by atoms with E-state index in [-0.39, 0.29) is 11.9 Å². The molecular formula is C14H17ClFNO2. The maximum atomic E-state index is 12.9. The van der Waals surface area contributed by atoms with Crippen molar-refractivity contribution in [2.75, 3.05) is 13.1 Å². The Bertz CT molecular complexity index is 475. The Morgan fingerprint density at radius 1 is 1.32 bits per heavy atom. The van der Waals surface area contributed by atoms with Gasteiger partial charge in [0, 0.05) is 13.1 Å². The van der Waals surface area contributed by atoms with Gasteiger partial charge in [0.15, 0.2) is 0 Å². The highest BCUT2D eigenvalue weighted by atomic mass is 35.5. The molecule has 0 aliphatic carbocycles. The lowest BCUT2D eigenvalue weighted by atomic mass is 9.91. The van der Waals surface area contributed by atoms with E-state index in [2.05, 4.69) is 0 Å². The first-order valence-electron chi connectivity index (χ1n) is 6.12. The molecule has 1 fully saturated rings. The third-order valence-electron chi connectivity index (χ3n) is 2.90. The van der Waals surface area contributed by atoms with Crippen molar-refractivity contribution in [3.63, 3.8) is 0 Å². The van der Waals surface area contributed by atoms with Gasteiger partial charge in [-0.15, -0.1) is 11.6 Å². The van der Waals surface area contributed by atoms with E-state index < -0.39 is 10.5 Å². The monoisotopic (exact) mass is 285 g/mol. The predicted octanol–water partition coefficient (Wildman–Crippen LogP) is 3.51.